The lowest BCUT2D eigenvalue weighted by Crippen LogP contribution is -2.38. The Balaban J connectivity index is 2.24. The highest BCUT2D eigenvalue weighted by Gasteiger charge is 2.11. The van der Waals surface area contributed by atoms with Gasteiger partial charge < -0.3 is 15.7 Å². The fourth-order valence-electron chi connectivity index (χ4n) is 1.05. The summed E-state index contributed by atoms with van der Waals surface area (Å²) in [6, 6.07) is -0.371. The summed E-state index contributed by atoms with van der Waals surface area (Å²) in [7, 11) is 0. The van der Waals surface area contributed by atoms with Crippen LogP contribution in [0.15, 0.2) is 6.20 Å². The molecule has 2 amide bonds. The maximum Gasteiger partial charge on any atom is 0.315 e. The van der Waals surface area contributed by atoms with E-state index >= 15 is 0 Å². The van der Waals surface area contributed by atoms with Crippen molar-refractivity contribution in [2.45, 2.75) is 20.4 Å². The van der Waals surface area contributed by atoms with Crippen molar-refractivity contribution in [1.29, 1.82) is 0 Å². The van der Waals surface area contributed by atoms with E-state index in [-0.39, 0.29) is 12.6 Å². The number of rotatable bonds is 5. The van der Waals surface area contributed by atoms with Gasteiger partial charge in [0.25, 0.3) is 0 Å². The van der Waals surface area contributed by atoms with Crippen molar-refractivity contribution in [1.82, 2.24) is 15.6 Å². The third-order valence-corrected chi connectivity index (χ3v) is 3.00. The number of hydrogen-bond acceptors (Lipinski definition) is 4. The zero-order valence-corrected chi connectivity index (χ0v) is 10.5. The van der Waals surface area contributed by atoms with Gasteiger partial charge in [-0.1, -0.05) is 6.92 Å². The lowest BCUT2D eigenvalue weighted by Gasteiger charge is -2.08. The number of hydrogen-bond donors (Lipinski definition) is 3. The second kappa shape index (κ2) is 6.19. The molecule has 1 aromatic heterocycles. The van der Waals surface area contributed by atoms with Crippen LogP contribution in [0, 0.1) is 12.8 Å². The van der Waals surface area contributed by atoms with E-state index in [1.807, 2.05) is 6.92 Å². The van der Waals surface area contributed by atoms with Gasteiger partial charge in [-0.15, -0.1) is 11.3 Å². The van der Waals surface area contributed by atoms with Gasteiger partial charge in [0.15, 0.2) is 0 Å². The van der Waals surface area contributed by atoms with E-state index in [9.17, 15) is 9.59 Å². The molecule has 0 saturated carbocycles. The molecule has 7 heteroatoms. The van der Waals surface area contributed by atoms with Gasteiger partial charge in [0, 0.05) is 17.6 Å². The third kappa shape index (κ3) is 4.81. The monoisotopic (exact) mass is 257 g/mol. The van der Waals surface area contributed by atoms with Gasteiger partial charge in [-0.3, -0.25) is 4.79 Å². The number of carboxylic acids is 1. The van der Waals surface area contributed by atoms with Crippen molar-refractivity contribution in [3.63, 3.8) is 0 Å². The summed E-state index contributed by atoms with van der Waals surface area (Å²) in [5, 5.41) is 14.7. The number of carboxylic acid groups (broad SMARTS) is 1. The van der Waals surface area contributed by atoms with Crippen molar-refractivity contribution < 1.29 is 14.7 Å². The summed E-state index contributed by atoms with van der Waals surface area (Å²) in [5.41, 5.74) is 0. The molecule has 0 spiro atoms. The van der Waals surface area contributed by atoms with Gasteiger partial charge in [0.1, 0.15) is 0 Å². The fourth-order valence-corrected chi connectivity index (χ4v) is 1.78. The number of nitrogens with one attached hydrogen (secondary N) is 2. The van der Waals surface area contributed by atoms with E-state index in [1.54, 1.807) is 6.20 Å². The van der Waals surface area contributed by atoms with E-state index in [4.69, 9.17) is 5.11 Å². The Labute approximate surface area is 103 Å². The Hall–Kier alpha value is -1.63. The molecule has 0 aliphatic carbocycles. The maximum atomic E-state index is 11.3. The van der Waals surface area contributed by atoms with E-state index in [1.165, 1.54) is 18.3 Å². The van der Waals surface area contributed by atoms with Crippen LogP contribution in [-0.4, -0.2) is 28.6 Å². The zero-order chi connectivity index (χ0) is 12.8. The minimum Gasteiger partial charge on any atom is -0.481 e. The van der Waals surface area contributed by atoms with Crippen LogP contribution >= 0.6 is 11.3 Å². The quantitative estimate of drug-likeness (QED) is 0.733. The standard InChI is InChI=1S/C10H15N3O3S/c1-6(9(14)15)3-12-10(16)13-5-8-4-11-7(2)17-8/h4,6H,3,5H2,1-2H3,(H,14,15)(H2,12,13,16). The average molecular weight is 257 g/mol. The first-order valence-corrected chi connectivity index (χ1v) is 5.96. The van der Waals surface area contributed by atoms with Crippen molar-refractivity contribution in [2.75, 3.05) is 6.54 Å². The van der Waals surface area contributed by atoms with Crippen molar-refractivity contribution in [2.24, 2.45) is 5.92 Å². The molecule has 17 heavy (non-hydrogen) atoms. The molecule has 1 heterocycles. The molecule has 94 valence electrons. The summed E-state index contributed by atoms with van der Waals surface area (Å²) in [6.45, 7) is 3.94. The Morgan fingerprint density at radius 3 is 2.76 bits per heavy atom. The molecule has 0 saturated heterocycles. The topological polar surface area (TPSA) is 91.3 Å². The molecule has 0 aliphatic heterocycles. The number of aryl methyl sites for hydroxylation is 1. The van der Waals surface area contributed by atoms with Crippen molar-refractivity contribution in [3.05, 3.63) is 16.1 Å². The van der Waals surface area contributed by atoms with E-state index in [0.29, 0.717) is 6.54 Å². The first-order chi connectivity index (χ1) is 7.99. The molecule has 0 aliphatic rings. The molecule has 3 N–H and O–H groups in total. The molecule has 0 bridgehead atoms. The van der Waals surface area contributed by atoms with Gasteiger partial charge in [-0.25, -0.2) is 9.78 Å². The number of aromatic nitrogens is 1. The third-order valence-electron chi connectivity index (χ3n) is 2.08. The largest absolute Gasteiger partial charge is 0.481 e. The summed E-state index contributed by atoms with van der Waals surface area (Å²) in [4.78, 5) is 26.9. The van der Waals surface area contributed by atoms with Gasteiger partial charge in [-0.05, 0) is 6.92 Å². The Morgan fingerprint density at radius 1 is 1.53 bits per heavy atom. The first-order valence-electron chi connectivity index (χ1n) is 5.15. The fraction of sp³-hybridized carbons (Fsp3) is 0.500. The molecule has 0 radical (unpaired) electrons. The highest BCUT2D eigenvalue weighted by atomic mass is 32.1. The molecular weight excluding hydrogens is 242 g/mol. The minimum absolute atomic E-state index is 0.114. The maximum absolute atomic E-state index is 11.3. The van der Waals surface area contributed by atoms with Gasteiger partial charge >= 0.3 is 12.0 Å². The predicted molar refractivity (Wildman–Crippen MR) is 63.9 cm³/mol. The molecule has 1 atom stereocenters. The first kappa shape index (κ1) is 13.4. The summed E-state index contributed by atoms with van der Waals surface area (Å²) < 4.78 is 0. The lowest BCUT2D eigenvalue weighted by atomic mass is 10.2. The van der Waals surface area contributed by atoms with Crippen LogP contribution in [0.5, 0.6) is 0 Å². The number of carbonyl (C=O) groups excluding carboxylic acids is 1. The van der Waals surface area contributed by atoms with Crippen molar-refractivity contribution >= 4 is 23.3 Å². The van der Waals surface area contributed by atoms with Crippen LogP contribution in [0.4, 0.5) is 4.79 Å². The minimum atomic E-state index is -0.927. The number of amides is 2. The van der Waals surface area contributed by atoms with E-state index in [0.717, 1.165) is 9.88 Å². The normalized spacial score (nSPS) is 11.9. The van der Waals surface area contributed by atoms with E-state index < -0.39 is 11.9 Å². The molecule has 0 fully saturated rings. The molecule has 1 unspecified atom stereocenters. The zero-order valence-electron chi connectivity index (χ0n) is 9.69. The molecule has 0 aromatic carbocycles. The van der Waals surface area contributed by atoms with Crippen LogP contribution < -0.4 is 10.6 Å². The van der Waals surface area contributed by atoms with Crippen molar-refractivity contribution in [3.8, 4) is 0 Å². The molecule has 1 rings (SSSR count). The SMILES string of the molecule is Cc1ncc(CNC(=O)NCC(C)C(=O)O)s1. The van der Waals surface area contributed by atoms with Crippen LogP contribution in [0.1, 0.15) is 16.8 Å². The highest BCUT2D eigenvalue weighted by molar-refractivity contribution is 7.11. The Kier molecular flexibility index (Phi) is 4.89. The van der Waals surface area contributed by atoms with Gasteiger partial charge in [0.05, 0.1) is 17.5 Å². The van der Waals surface area contributed by atoms with Crippen LogP contribution in [0.25, 0.3) is 0 Å². The molecule has 1 aromatic rings. The van der Waals surface area contributed by atoms with Gasteiger partial charge in [-0.2, -0.15) is 0 Å². The number of thiazole rings is 1. The van der Waals surface area contributed by atoms with Crippen LogP contribution in [0.2, 0.25) is 0 Å². The average Bonchev–Trinajstić information content (AvgIpc) is 2.69. The Bertz CT molecular complexity index is 405. The second-order valence-electron chi connectivity index (χ2n) is 3.65. The Morgan fingerprint density at radius 2 is 2.24 bits per heavy atom. The molecular formula is C10H15N3O3S. The number of urea groups is 1. The smallest absolute Gasteiger partial charge is 0.315 e. The number of nitrogens with zero attached hydrogens (tertiary/aromatic N) is 1. The highest BCUT2D eigenvalue weighted by Crippen LogP contribution is 2.10. The number of aliphatic carboxylic acids is 1. The lowest BCUT2D eigenvalue weighted by molar-refractivity contribution is -0.140. The number of carbonyl (C=O) groups is 2. The second-order valence-corrected chi connectivity index (χ2v) is 4.97. The van der Waals surface area contributed by atoms with Crippen LogP contribution in [0.3, 0.4) is 0 Å². The molecule has 6 nitrogen and oxygen atoms in total. The summed E-state index contributed by atoms with van der Waals surface area (Å²) >= 11 is 1.51. The summed E-state index contributed by atoms with van der Waals surface area (Å²) in [5.74, 6) is -1.52. The summed E-state index contributed by atoms with van der Waals surface area (Å²) in [6.07, 6.45) is 1.71. The van der Waals surface area contributed by atoms with Gasteiger partial charge in [0.2, 0.25) is 0 Å². The van der Waals surface area contributed by atoms with E-state index in [2.05, 4.69) is 15.6 Å². The predicted octanol–water partition coefficient (Wildman–Crippen LogP) is 0.971. The van der Waals surface area contributed by atoms with Crippen LogP contribution in [-0.2, 0) is 11.3 Å².